The predicted octanol–water partition coefficient (Wildman–Crippen LogP) is 4.57. The number of rotatable bonds is 6. The summed E-state index contributed by atoms with van der Waals surface area (Å²) in [4.78, 5) is 18.5. The van der Waals surface area contributed by atoms with Crippen molar-refractivity contribution in [2.45, 2.75) is 31.7 Å². The van der Waals surface area contributed by atoms with Crippen LogP contribution in [0.15, 0.2) is 46.3 Å². The number of fused-ring (bicyclic) bond motifs is 1. The van der Waals surface area contributed by atoms with Crippen molar-refractivity contribution in [3.63, 3.8) is 0 Å². The molecule has 0 aliphatic rings. The van der Waals surface area contributed by atoms with Crippen LogP contribution in [0.3, 0.4) is 0 Å². The zero-order valence-electron chi connectivity index (χ0n) is 16.2. The van der Waals surface area contributed by atoms with Crippen molar-refractivity contribution in [2.75, 3.05) is 12.9 Å². The molecule has 0 spiro atoms. The lowest BCUT2D eigenvalue weighted by Gasteiger charge is -2.03. The lowest BCUT2D eigenvalue weighted by Crippen LogP contribution is -2.16. The Balaban J connectivity index is 1.76. The predicted molar refractivity (Wildman–Crippen MR) is 117 cm³/mol. The Hall–Kier alpha value is -2.49. The second-order valence-corrected chi connectivity index (χ2v) is 8.54. The van der Waals surface area contributed by atoms with Gasteiger partial charge in [0.1, 0.15) is 5.75 Å². The number of aromatic nitrogens is 1. The first-order chi connectivity index (χ1) is 13.5. The van der Waals surface area contributed by atoms with Crippen molar-refractivity contribution in [3.8, 4) is 18.1 Å². The first-order valence-corrected chi connectivity index (χ1v) is 10.7. The number of benzene rings is 2. The number of terminal acetylenes is 1. The third-order valence-electron chi connectivity index (χ3n) is 4.41. The monoisotopic (exact) mass is 410 g/mol. The second-order valence-electron chi connectivity index (χ2n) is 6.36. The van der Waals surface area contributed by atoms with E-state index >= 15 is 0 Å². The Bertz CT molecular complexity index is 1100. The summed E-state index contributed by atoms with van der Waals surface area (Å²) in [6.45, 7) is 4.55. The summed E-state index contributed by atoms with van der Waals surface area (Å²) in [7, 11) is 1.64. The minimum atomic E-state index is -0.133. The molecule has 2 aromatic carbocycles. The van der Waals surface area contributed by atoms with Crippen LogP contribution in [-0.2, 0) is 11.3 Å². The highest BCUT2D eigenvalue weighted by molar-refractivity contribution is 7.99. The fourth-order valence-electron chi connectivity index (χ4n) is 2.74. The van der Waals surface area contributed by atoms with Gasteiger partial charge in [0.05, 0.1) is 23.9 Å². The summed E-state index contributed by atoms with van der Waals surface area (Å²) in [5.74, 6) is 4.03. The van der Waals surface area contributed by atoms with Crippen LogP contribution in [-0.4, -0.2) is 23.3 Å². The smallest absolute Gasteiger partial charge is 0.249 e. The minimum Gasteiger partial charge on any atom is -0.497 e. The van der Waals surface area contributed by atoms with Gasteiger partial charge < -0.3 is 9.30 Å². The zero-order chi connectivity index (χ0) is 20.1. The molecular formula is C22H22N2O2S2. The van der Waals surface area contributed by atoms with Gasteiger partial charge in [0.15, 0.2) is 4.80 Å². The van der Waals surface area contributed by atoms with Crippen LogP contribution in [0, 0.1) is 26.2 Å². The molecule has 0 aliphatic carbocycles. The van der Waals surface area contributed by atoms with Crippen LogP contribution in [0.5, 0.6) is 5.75 Å². The topological polar surface area (TPSA) is 43.6 Å². The van der Waals surface area contributed by atoms with Crippen LogP contribution in [0.25, 0.3) is 10.2 Å². The Labute approximate surface area is 173 Å². The minimum absolute atomic E-state index is 0.133. The number of thioether (sulfide) groups is 1. The first kappa shape index (κ1) is 20.2. The molecule has 6 heteroatoms. The van der Waals surface area contributed by atoms with Crippen LogP contribution in [0.1, 0.15) is 17.5 Å². The van der Waals surface area contributed by atoms with Crippen LogP contribution >= 0.6 is 23.1 Å². The van der Waals surface area contributed by atoms with Gasteiger partial charge in [0.2, 0.25) is 5.91 Å². The molecule has 0 saturated heterocycles. The number of methoxy groups -OCH3 is 1. The van der Waals surface area contributed by atoms with Gasteiger partial charge in [-0.2, -0.15) is 4.99 Å². The van der Waals surface area contributed by atoms with Crippen LogP contribution in [0.4, 0.5) is 0 Å². The lowest BCUT2D eigenvalue weighted by molar-refractivity contribution is -0.117. The normalized spacial score (nSPS) is 11.6. The van der Waals surface area contributed by atoms with E-state index in [9.17, 15) is 4.79 Å². The van der Waals surface area contributed by atoms with Gasteiger partial charge in [0, 0.05) is 17.1 Å². The average molecular weight is 411 g/mol. The largest absolute Gasteiger partial charge is 0.497 e. The fourth-order valence-corrected chi connectivity index (χ4v) is 4.71. The first-order valence-electron chi connectivity index (χ1n) is 8.90. The molecule has 0 radical (unpaired) electrons. The molecule has 0 atom stereocenters. The van der Waals surface area contributed by atoms with Crippen LogP contribution in [0.2, 0.25) is 0 Å². The van der Waals surface area contributed by atoms with Crippen molar-refractivity contribution in [2.24, 2.45) is 4.99 Å². The number of hydrogen-bond acceptors (Lipinski definition) is 4. The van der Waals surface area contributed by atoms with Gasteiger partial charge in [-0.05, 0) is 61.4 Å². The van der Waals surface area contributed by atoms with Gasteiger partial charge in [-0.3, -0.25) is 4.79 Å². The number of amides is 1. The number of carbonyl (C=O) groups is 1. The Morgan fingerprint density at radius 2 is 1.96 bits per heavy atom. The molecule has 0 aliphatic heterocycles. The van der Waals surface area contributed by atoms with Gasteiger partial charge >= 0.3 is 0 Å². The lowest BCUT2D eigenvalue weighted by atomic mass is 10.1. The average Bonchev–Trinajstić information content (AvgIpc) is 2.99. The molecule has 1 heterocycles. The maximum atomic E-state index is 12.4. The summed E-state index contributed by atoms with van der Waals surface area (Å²) >= 11 is 3.14. The summed E-state index contributed by atoms with van der Waals surface area (Å²) in [5.41, 5.74) is 3.45. The maximum absolute atomic E-state index is 12.4. The Morgan fingerprint density at radius 3 is 2.64 bits per heavy atom. The van der Waals surface area contributed by atoms with Crippen LogP contribution < -0.4 is 9.54 Å². The molecule has 28 heavy (non-hydrogen) atoms. The number of aryl methyl sites for hydroxylation is 2. The number of nitrogens with zero attached hydrogens (tertiary/aromatic N) is 2. The van der Waals surface area contributed by atoms with Gasteiger partial charge in [0.25, 0.3) is 0 Å². The van der Waals surface area contributed by atoms with E-state index in [1.165, 1.54) is 22.5 Å². The SMILES string of the molecule is C#CCn1c(=NC(=O)CCSc2ccc(OC)cc2)sc2cc(C)c(C)cc21. The molecule has 144 valence electrons. The standard InChI is InChI=1S/C22H22N2O2S2/c1-5-11-24-19-13-15(2)16(3)14-20(19)28-22(24)23-21(25)10-12-27-18-8-6-17(26-4)7-9-18/h1,6-9,13-14H,10-12H2,2-4H3. The molecular weight excluding hydrogens is 388 g/mol. The molecule has 1 aromatic heterocycles. The van der Waals surface area contributed by atoms with E-state index in [1.54, 1.807) is 18.9 Å². The molecule has 0 fully saturated rings. The quantitative estimate of drug-likeness (QED) is 0.442. The number of carbonyl (C=O) groups excluding carboxylic acids is 1. The van der Waals surface area contributed by atoms with E-state index in [4.69, 9.17) is 11.2 Å². The van der Waals surface area contributed by atoms with E-state index < -0.39 is 0 Å². The third kappa shape index (κ3) is 4.67. The highest BCUT2D eigenvalue weighted by atomic mass is 32.2. The fraction of sp³-hybridized carbons (Fsp3) is 0.273. The Morgan fingerprint density at radius 1 is 1.25 bits per heavy atom. The number of hydrogen-bond donors (Lipinski definition) is 0. The highest BCUT2D eigenvalue weighted by Crippen LogP contribution is 2.23. The van der Waals surface area contributed by atoms with Gasteiger partial charge in [-0.1, -0.05) is 17.3 Å². The van der Waals surface area contributed by atoms with Crippen molar-refractivity contribution in [3.05, 3.63) is 52.3 Å². The third-order valence-corrected chi connectivity index (χ3v) is 6.47. The van der Waals surface area contributed by atoms with E-state index in [2.05, 4.69) is 36.9 Å². The van der Waals surface area contributed by atoms with E-state index in [0.717, 1.165) is 20.9 Å². The summed E-state index contributed by atoms with van der Waals surface area (Å²) in [6, 6.07) is 12.1. The van der Waals surface area contributed by atoms with Gasteiger partial charge in [-0.15, -0.1) is 18.2 Å². The number of thiazole rings is 1. The molecule has 0 unspecified atom stereocenters. The van der Waals surface area contributed by atoms with Crippen molar-refractivity contribution in [1.82, 2.24) is 4.57 Å². The van der Waals surface area contributed by atoms with E-state index in [0.29, 0.717) is 23.5 Å². The van der Waals surface area contributed by atoms with Gasteiger partial charge in [-0.25, -0.2) is 0 Å². The van der Waals surface area contributed by atoms with Crippen molar-refractivity contribution in [1.29, 1.82) is 0 Å². The molecule has 0 N–H and O–H groups in total. The molecule has 3 rings (SSSR count). The zero-order valence-corrected chi connectivity index (χ0v) is 17.8. The number of ether oxygens (including phenoxy) is 1. The van der Waals surface area contributed by atoms with Crippen molar-refractivity contribution >= 4 is 39.2 Å². The van der Waals surface area contributed by atoms with E-state index in [-0.39, 0.29) is 5.91 Å². The second kappa shape index (κ2) is 9.13. The molecule has 1 amide bonds. The summed E-state index contributed by atoms with van der Waals surface area (Å²) in [6.07, 6.45) is 5.91. The molecule has 4 nitrogen and oxygen atoms in total. The maximum Gasteiger partial charge on any atom is 0.249 e. The Kier molecular flexibility index (Phi) is 6.61. The summed E-state index contributed by atoms with van der Waals surface area (Å²) < 4.78 is 8.20. The van der Waals surface area contributed by atoms with E-state index in [1.807, 2.05) is 28.8 Å². The summed E-state index contributed by atoms with van der Waals surface area (Å²) in [5, 5.41) is 0. The highest BCUT2D eigenvalue weighted by Gasteiger charge is 2.09. The molecule has 0 bridgehead atoms. The molecule has 3 aromatic rings. The van der Waals surface area contributed by atoms with Crippen molar-refractivity contribution < 1.29 is 9.53 Å². The molecule has 0 saturated carbocycles.